The zero-order valence-electron chi connectivity index (χ0n) is 6.82. The van der Waals surface area contributed by atoms with Crippen molar-refractivity contribution in [3.8, 4) is 0 Å². The van der Waals surface area contributed by atoms with E-state index in [1.165, 1.54) is 6.92 Å². The largest absolute Gasteiger partial charge is 0.384 e. The van der Waals surface area contributed by atoms with E-state index in [9.17, 15) is 4.79 Å². The zero-order valence-corrected chi connectivity index (χ0v) is 6.82. The van der Waals surface area contributed by atoms with Gasteiger partial charge in [0.05, 0.1) is 0 Å². The third kappa shape index (κ3) is 2.36. The van der Waals surface area contributed by atoms with Crippen LogP contribution in [0, 0.1) is 0 Å². The average Bonchev–Trinajstić information content (AvgIpc) is 2.06. The molecule has 0 aliphatic rings. The summed E-state index contributed by atoms with van der Waals surface area (Å²) in [5.74, 6) is -0.388. The minimum atomic E-state index is -0.967. The highest BCUT2D eigenvalue weighted by Crippen LogP contribution is 2.04. The fraction of sp³-hybridized carbons (Fsp3) is 0.222. The molecule has 0 spiro atoms. The molecule has 1 rings (SSSR count). The minimum absolute atomic E-state index is 0.388. The summed E-state index contributed by atoms with van der Waals surface area (Å²) in [4.78, 5) is 11.0. The van der Waals surface area contributed by atoms with E-state index in [0.717, 1.165) is 0 Å². The van der Waals surface area contributed by atoms with E-state index in [-0.39, 0.29) is 5.91 Å². The summed E-state index contributed by atoms with van der Waals surface area (Å²) >= 11 is 0. The van der Waals surface area contributed by atoms with E-state index in [0.29, 0.717) is 5.69 Å². The highest BCUT2D eigenvalue weighted by atomic mass is 16.3. The number of carbonyl (C=O) groups is 1. The number of aliphatic hydroxyl groups is 1. The predicted octanol–water partition coefficient (Wildman–Crippen LogP) is 1.01. The van der Waals surface area contributed by atoms with Crippen LogP contribution in [-0.4, -0.2) is 17.1 Å². The fourth-order valence-electron chi connectivity index (χ4n) is 0.768. The van der Waals surface area contributed by atoms with Gasteiger partial charge in [0.15, 0.2) is 0 Å². The van der Waals surface area contributed by atoms with E-state index in [2.05, 4.69) is 5.32 Å². The van der Waals surface area contributed by atoms with Gasteiger partial charge in [-0.1, -0.05) is 18.2 Å². The normalized spacial score (nSPS) is 12.2. The molecule has 0 saturated carbocycles. The van der Waals surface area contributed by atoms with Crippen LogP contribution in [0.1, 0.15) is 6.92 Å². The SMILES string of the molecule is C[C@H](O)C(=O)Nc1ccccc1. The average molecular weight is 165 g/mol. The van der Waals surface area contributed by atoms with Gasteiger partial charge in [0, 0.05) is 5.69 Å². The fourth-order valence-corrected chi connectivity index (χ4v) is 0.768. The predicted molar refractivity (Wildman–Crippen MR) is 46.8 cm³/mol. The number of hydrogen-bond acceptors (Lipinski definition) is 2. The van der Waals surface area contributed by atoms with Crippen molar-refractivity contribution >= 4 is 11.6 Å². The molecule has 12 heavy (non-hydrogen) atoms. The van der Waals surface area contributed by atoms with Crippen molar-refractivity contribution in [2.75, 3.05) is 5.32 Å². The number of rotatable bonds is 2. The van der Waals surface area contributed by atoms with Gasteiger partial charge in [-0.2, -0.15) is 0 Å². The molecule has 3 heteroatoms. The number of hydrogen-bond donors (Lipinski definition) is 2. The molecule has 0 heterocycles. The Kier molecular flexibility index (Phi) is 2.82. The molecule has 0 fully saturated rings. The van der Waals surface area contributed by atoms with E-state index in [1.807, 2.05) is 18.2 Å². The number of para-hydroxylation sites is 1. The van der Waals surface area contributed by atoms with Crippen LogP contribution in [0.25, 0.3) is 0 Å². The smallest absolute Gasteiger partial charge is 0.252 e. The zero-order chi connectivity index (χ0) is 8.97. The van der Waals surface area contributed by atoms with Crippen molar-refractivity contribution in [3.05, 3.63) is 30.3 Å². The summed E-state index contributed by atoms with van der Waals surface area (Å²) < 4.78 is 0. The number of anilines is 1. The molecule has 0 aliphatic heterocycles. The van der Waals surface area contributed by atoms with Crippen molar-refractivity contribution in [1.29, 1.82) is 0 Å². The van der Waals surface area contributed by atoms with Crippen molar-refractivity contribution in [2.45, 2.75) is 13.0 Å². The first kappa shape index (κ1) is 8.74. The lowest BCUT2D eigenvalue weighted by Gasteiger charge is -2.05. The second-order valence-electron chi connectivity index (χ2n) is 2.53. The Morgan fingerprint density at radius 2 is 2.00 bits per heavy atom. The van der Waals surface area contributed by atoms with Gasteiger partial charge < -0.3 is 10.4 Å². The Morgan fingerprint density at radius 1 is 1.42 bits per heavy atom. The van der Waals surface area contributed by atoms with E-state index in [4.69, 9.17) is 5.11 Å². The summed E-state index contributed by atoms with van der Waals surface area (Å²) in [5.41, 5.74) is 0.698. The van der Waals surface area contributed by atoms with Gasteiger partial charge in [0.25, 0.3) is 5.91 Å². The lowest BCUT2D eigenvalue weighted by molar-refractivity contribution is -0.123. The summed E-state index contributed by atoms with van der Waals surface area (Å²) in [6.07, 6.45) is -0.967. The molecule has 0 unspecified atom stereocenters. The molecular formula is C9H11NO2. The second kappa shape index (κ2) is 3.88. The lowest BCUT2D eigenvalue weighted by Crippen LogP contribution is -2.24. The topological polar surface area (TPSA) is 49.3 Å². The van der Waals surface area contributed by atoms with Gasteiger partial charge in [-0.15, -0.1) is 0 Å². The summed E-state index contributed by atoms with van der Waals surface area (Å²) in [6, 6.07) is 9.02. The maximum absolute atomic E-state index is 11.0. The molecule has 64 valence electrons. The molecule has 0 saturated heterocycles. The third-order valence-corrected chi connectivity index (χ3v) is 1.42. The van der Waals surface area contributed by atoms with Crippen LogP contribution in [0.4, 0.5) is 5.69 Å². The van der Waals surface area contributed by atoms with Gasteiger partial charge in [-0.05, 0) is 19.1 Å². The molecule has 1 atom stereocenters. The van der Waals surface area contributed by atoms with Crippen LogP contribution < -0.4 is 5.32 Å². The monoisotopic (exact) mass is 165 g/mol. The van der Waals surface area contributed by atoms with Crippen molar-refractivity contribution in [2.24, 2.45) is 0 Å². The molecule has 1 aromatic rings. The Balaban J connectivity index is 2.59. The molecule has 0 aromatic heterocycles. The van der Waals surface area contributed by atoms with Crippen LogP contribution in [0.5, 0.6) is 0 Å². The molecule has 0 aliphatic carbocycles. The van der Waals surface area contributed by atoms with Gasteiger partial charge >= 0.3 is 0 Å². The molecule has 3 nitrogen and oxygen atoms in total. The second-order valence-corrected chi connectivity index (χ2v) is 2.53. The first-order valence-corrected chi connectivity index (χ1v) is 3.74. The number of benzene rings is 1. The van der Waals surface area contributed by atoms with Crippen molar-refractivity contribution < 1.29 is 9.90 Å². The first-order chi connectivity index (χ1) is 5.70. The summed E-state index contributed by atoms with van der Waals surface area (Å²) in [7, 11) is 0. The molecule has 1 aromatic carbocycles. The molecule has 2 N–H and O–H groups in total. The molecule has 0 radical (unpaired) electrons. The molecule has 1 amide bonds. The van der Waals surface area contributed by atoms with E-state index < -0.39 is 6.10 Å². The Bertz CT molecular complexity index is 256. The maximum Gasteiger partial charge on any atom is 0.252 e. The summed E-state index contributed by atoms with van der Waals surface area (Å²) in [6.45, 7) is 1.43. The van der Waals surface area contributed by atoms with Crippen LogP contribution in [0.2, 0.25) is 0 Å². The van der Waals surface area contributed by atoms with Gasteiger partial charge in [0.2, 0.25) is 0 Å². The molecule has 0 bridgehead atoms. The maximum atomic E-state index is 11.0. The van der Waals surface area contributed by atoms with Crippen LogP contribution in [-0.2, 0) is 4.79 Å². The Morgan fingerprint density at radius 3 is 2.50 bits per heavy atom. The highest BCUT2D eigenvalue weighted by molar-refractivity contribution is 5.93. The number of carbonyl (C=O) groups excluding carboxylic acids is 1. The van der Waals surface area contributed by atoms with Gasteiger partial charge in [-0.25, -0.2) is 0 Å². The van der Waals surface area contributed by atoms with E-state index >= 15 is 0 Å². The number of aliphatic hydroxyl groups excluding tert-OH is 1. The van der Waals surface area contributed by atoms with E-state index in [1.54, 1.807) is 12.1 Å². The summed E-state index contributed by atoms with van der Waals surface area (Å²) in [5, 5.41) is 11.4. The lowest BCUT2D eigenvalue weighted by atomic mass is 10.3. The molecular weight excluding hydrogens is 154 g/mol. The number of amides is 1. The van der Waals surface area contributed by atoms with Crippen LogP contribution in [0.3, 0.4) is 0 Å². The quantitative estimate of drug-likeness (QED) is 0.687. The van der Waals surface area contributed by atoms with Crippen LogP contribution >= 0.6 is 0 Å². The van der Waals surface area contributed by atoms with Gasteiger partial charge in [-0.3, -0.25) is 4.79 Å². The Hall–Kier alpha value is -1.35. The number of nitrogens with one attached hydrogen (secondary N) is 1. The van der Waals surface area contributed by atoms with Crippen molar-refractivity contribution in [3.63, 3.8) is 0 Å². The first-order valence-electron chi connectivity index (χ1n) is 3.74. The highest BCUT2D eigenvalue weighted by Gasteiger charge is 2.07. The van der Waals surface area contributed by atoms with Gasteiger partial charge in [0.1, 0.15) is 6.10 Å². The minimum Gasteiger partial charge on any atom is -0.384 e. The Labute approximate surface area is 71.0 Å². The third-order valence-electron chi connectivity index (χ3n) is 1.42. The standard InChI is InChI=1S/C9H11NO2/c1-7(11)9(12)10-8-5-3-2-4-6-8/h2-7,11H,1H3,(H,10,12)/t7-/m0/s1. The van der Waals surface area contributed by atoms with Crippen molar-refractivity contribution in [1.82, 2.24) is 0 Å². The van der Waals surface area contributed by atoms with Crippen LogP contribution in [0.15, 0.2) is 30.3 Å².